The number of hydrogen-bond donors (Lipinski definition) is 0. The summed E-state index contributed by atoms with van der Waals surface area (Å²) in [5.74, 6) is -0.805. The monoisotopic (exact) mass is 400 g/mol. The fourth-order valence-electron chi connectivity index (χ4n) is 2.18. The van der Waals surface area contributed by atoms with Gasteiger partial charge in [0.15, 0.2) is 11.6 Å². The molecule has 6 heteroatoms. The van der Waals surface area contributed by atoms with E-state index in [2.05, 4.69) is 13.2 Å². The van der Waals surface area contributed by atoms with Crippen LogP contribution in [-0.4, -0.2) is 17.7 Å². The average molecular weight is 400 g/mol. The van der Waals surface area contributed by atoms with Gasteiger partial charge in [0.2, 0.25) is 0 Å². The molecule has 4 nitrogen and oxygen atoms in total. The summed E-state index contributed by atoms with van der Waals surface area (Å²) >= 11 is 1.50. The van der Waals surface area contributed by atoms with E-state index in [0.717, 1.165) is 16.2 Å². The van der Waals surface area contributed by atoms with Crippen molar-refractivity contribution in [3.05, 3.63) is 66.5 Å². The van der Waals surface area contributed by atoms with Crippen LogP contribution in [0.1, 0.15) is 20.8 Å². The molecule has 0 amide bonds. The summed E-state index contributed by atoms with van der Waals surface area (Å²) in [5.41, 5.74) is 1.83. The van der Waals surface area contributed by atoms with Crippen molar-refractivity contribution >= 4 is 23.7 Å². The fourth-order valence-corrected chi connectivity index (χ4v) is 2.95. The maximum atomic E-state index is 14.4. The first-order valence-electron chi connectivity index (χ1n) is 8.55. The maximum absolute atomic E-state index is 14.4. The Labute approximate surface area is 168 Å². The van der Waals surface area contributed by atoms with Crippen molar-refractivity contribution in [2.45, 2.75) is 25.7 Å². The van der Waals surface area contributed by atoms with Crippen LogP contribution in [0, 0.1) is 5.82 Å². The van der Waals surface area contributed by atoms with Crippen LogP contribution in [0.25, 0.3) is 11.1 Å². The molecule has 0 N–H and O–H groups in total. The standard InChI is InChI=1S/C22H21FO4S/c1-6-28-20-12-16(8-10-19(20)27-22(25)14(4)5)15-7-9-18(17(23)11-15)26-21(24)13(2)3/h7-12H,2,4,6H2,1,3,5H3. The molecule has 2 aromatic rings. The lowest BCUT2D eigenvalue weighted by molar-refractivity contribution is -0.131. The number of hydrogen-bond acceptors (Lipinski definition) is 5. The summed E-state index contributed by atoms with van der Waals surface area (Å²) in [7, 11) is 0. The lowest BCUT2D eigenvalue weighted by Crippen LogP contribution is -2.09. The first kappa shape index (κ1) is 21.4. The van der Waals surface area contributed by atoms with Gasteiger partial charge < -0.3 is 9.47 Å². The molecule has 0 unspecified atom stereocenters. The molecular formula is C22H21FO4S. The number of esters is 2. The number of benzene rings is 2. The van der Waals surface area contributed by atoms with Crippen LogP contribution < -0.4 is 9.47 Å². The molecule has 0 heterocycles. The van der Waals surface area contributed by atoms with Gasteiger partial charge in [-0.2, -0.15) is 0 Å². The Hall–Kier alpha value is -2.86. The highest BCUT2D eigenvalue weighted by molar-refractivity contribution is 7.99. The number of halogens is 1. The molecule has 0 aliphatic heterocycles. The zero-order valence-electron chi connectivity index (χ0n) is 16.0. The minimum absolute atomic E-state index is 0.160. The van der Waals surface area contributed by atoms with Gasteiger partial charge in [0.25, 0.3) is 0 Å². The summed E-state index contributed by atoms with van der Waals surface area (Å²) in [6.45, 7) is 12.1. The van der Waals surface area contributed by atoms with Crippen LogP contribution in [0.5, 0.6) is 11.5 Å². The molecule has 0 aliphatic carbocycles. The summed E-state index contributed by atoms with van der Waals surface area (Å²) in [4.78, 5) is 24.1. The van der Waals surface area contributed by atoms with E-state index in [1.807, 2.05) is 13.0 Å². The maximum Gasteiger partial charge on any atom is 0.338 e. The lowest BCUT2D eigenvalue weighted by Gasteiger charge is -2.12. The summed E-state index contributed by atoms with van der Waals surface area (Å²) in [5, 5.41) is 0. The molecule has 2 aromatic carbocycles. The Bertz CT molecular complexity index is 950. The second-order valence-electron chi connectivity index (χ2n) is 6.08. The lowest BCUT2D eigenvalue weighted by atomic mass is 10.1. The third-order valence-corrected chi connectivity index (χ3v) is 4.53. The first-order valence-corrected chi connectivity index (χ1v) is 9.53. The Balaban J connectivity index is 2.34. The smallest absolute Gasteiger partial charge is 0.338 e. The molecule has 0 spiro atoms. The fraction of sp³-hybridized carbons (Fsp3) is 0.182. The van der Waals surface area contributed by atoms with Gasteiger partial charge in [-0.25, -0.2) is 14.0 Å². The molecule has 0 aromatic heterocycles. The highest BCUT2D eigenvalue weighted by Gasteiger charge is 2.14. The number of carbonyl (C=O) groups is 2. The van der Waals surface area contributed by atoms with Gasteiger partial charge in [-0.3, -0.25) is 0 Å². The van der Waals surface area contributed by atoms with E-state index in [1.165, 1.54) is 30.8 Å². The van der Waals surface area contributed by atoms with Crippen molar-refractivity contribution in [2.75, 3.05) is 5.75 Å². The van der Waals surface area contributed by atoms with Gasteiger partial charge >= 0.3 is 11.9 Å². The predicted molar refractivity (Wildman–Crippen MR) is 109 cm³/mol. The van der Waals surface area contributed by atoms with E-state index < -0.39 is 17.8 Å². The first-order chi connectivity index (χ1) is 13.2. The molecule has 0 atom stereocenters. The second kappa shape index (κ2) is 9.37. The highest BCUT2D eigenvalue weighted by Crippen LogP contribution is 2.35. The zero-order chi connectivity index (χ0) is 20.8. The van der Waals surface area contributed by atoms with E-state index in [4.69, 9.17) is 9.47 Å². The van der Waals surface area contributed by atoms with Gasteiger partial charge in [-0.1, -0.05) is 32.2 Å². The Morgan fingerprint density at radius 3 is 1.93 bits per heavy atom. The largest absolute Gasteiger partial charge is 0.422 e. The summed E-state index contributed by atoms with van der Waals surface area (Å²) in [6, 6.07) is 9.56. The molecule has 146 valence electrons. The summed E-state index contributed by atoms with van der Waals surface area (Å²) in [6.07, 6.45) is 0. The van der Waals surface area contributed by atoms with Crippen LogP contribution in [0.3, 0.4) is 0 Å². The average Bonchev–Trinajstić information content (AvgIpc) is 2.64. The SMILES string of the molecule is C=C(C)C(=O)Oc1ccc(-c2ccc(OC(=O)C(=C)C)c(SCC)c2)cc1F. The molecule has 0 saturated carbocycles. The predicted octanol–water partition coefficient (Wildman–Crippen LogP) is 5.57. The molecule has 0 fully saturated rings. The van der Waals surface area contributed by atoms with Crippen molar-refractivity contribution < 1.29 is 23.5 Å². The van der Waals surface area contributed by atoms with E-state index in [0.29, 0.717) is 16.9 Å². The number of thioether (sulfide) groups is 1. The molecule has 0 bridgehead atoms. The minimum Gasteiger partial charge on any atom is -0.422 e. The van der Waals surface area contributed by atoms with E-state index in [1.54, 1.807) is 25.1 Å². The Kier molecular flexibility index (Phi) is 7.18. The van der Waals surface area contributed by atoms with E-state index >= 15 is 0 Å². The van der Waals surface area contributed by atoms with Crippen LogP contribution in [0.4, 0.5) is 4.39 Å². The Morgan fingerprint density at radius 2 is 1.43 bits per heavy atom. The van der Waals surface area contributed by atoms with Crippen LogP contribution in [-0.2, 0) is 9.59 Å². The van der Waals surface area contributed by atoms with Crippen molar-refractivity contribution in [1.29, 1.82) is 0 Å². The van der Waals surface area contributed by atoms with Gasteiger partial charge in [-0.05, 0) is 55.0 Å². The number of carbonyl (C=O) groups excluding carboxylic acids is 2. The second-order valence-corrected chi connectivity index (χ2v) is 7.39. The highest BCUT2D eigenvalue weighted by atomic mass is 32.2. The summed E-state index contributed by atoms with van der Waals surface area (Å²) < 4.78 is 24.7. The quantitative estimate of drug-likeness (QED) is 0.263. The van der Waals surface area contributed by atoms with Gasteiger partial charge in [0, 0.05) is 11.1 Å². The van der Waals surface area contributed by atoms with E-state index in [9.17, 15) is 14.0 Å². The van der Waals surface area contributed by atoms with Crippen molar-refractivity contribution in [1.82, 2.24) is 0 Å². The third-order valence-electron chi connectivity index (χ3n) is 3.61. The molecule has 0 radical (unpaired) electrons. The van der Waals surface area contributed by atoms with Crippen LogP contribution >= 0.6 is 11.8 Å². The molecule has 0 aliphatic rings. The zero-order valence-corrected chi connectivity index (χ0v) is 16.8. The minimum atomic E-state index is -0.683. The van der Waals surface area contributed by atoms with Crippen molar-refractivity contribution in [3.63, 3.8) is 0 Å². The number of ether oxygens (including phenoxy) is 2. The molecule has 2 rings (SSSR count). The third kappa shape index (κ3) is 5.33. The van der Waals surface area contributed by atoms with Gasteiger partial charge in [0.1, 0.15) is 5.75 Å². The number of rotatable bonds is 7. The molecule has 28 heavy (non-hydrogen) atoms. The Morgan fingerprint density at radius 1 is 0.929 bits per heavy atom. The van der Waals surface area contributed by atoms with E-state index in [-0.39, 0.29) is 11.3 Å². The van der Waals surface area contributed by atoms with Crippen LogP contribution in [0.15, 0.2) is 65.6 Å². The van der Waals surface area contributed by atoms with Crippen molar-refractivity contribution in [2.24, 2.45) is 0 Å². The van der Waals surface area contributed by atoms with Crippen molar-refractivity contribution in [3.8, 4) is 22.6 Å². The molecule has 0 saturated heterocycles. The normalized spacial score (nSPS) is 10.3. The van der Waals surface area contributed by atoms with Gasteiger partial charge in [-0.15, -0.1) is 11.8 Å². The van der Waals surface area contributed by atoms with Crippen LogP contribution in [0.2, 0.25) is 0 Å². The topological polar surface area (TPSA) is 52.6 Å². The van der Waals surface area contributed by atoms with Gasteiger partial charge in [0.05, 0.1) is 4.90 Å². The molecular weight excluding hydrogens is 379 g/mol.